The van der Waals surface area contributed by atoms with E-state index in [-0.39, 0.29) is 6.10 Å². The van der Waals surface area contributed by atoms with Crippen LogP contribution in [-0.4, -0.2) is 23.8 Å². The Hall–Kier alpha value is -0.0800. The average molecular weight is 227 g/mol. The van der Waals surface area contributed by atoms with Crippen LogP contribution in [0.4, 0.5) is 0 Å². The molecule has 0 aromatic heterocycles. The predicted molar refractivity (Wildman–Crippen MR) is 69.6 cm³/mol. The van der Waals surface area contributed by atoms with Crippen LogP contribution in [0.5, 0.6) is 0 Å². The SMILES string of the molecule is CCCC(C)NCCCC1CCCCC1O. The van der Waals surface area contributed by atoms with E-state index in [2.05, 4.69) is 19.2 Å². The van der Waals surface area contributed by atoms with Crippen molar-refractivity contribution in [2.24, 2.45) is 5.92 Å². The van der Waals surface area contributed by atoms with E-state index in [1.165, 1.54) is 44.9 Å². The molecule has 0 bridgehead atoms. The molecule has 0 saturated heterocycles. The number of hydrogen-bond acceptors (Lipinski definition) is 2. The Bertz CT molecular complexity index is 172. The summed E-state index contributed by atoms with van der Waals surface area (Å²) in [6.07, 6.45) is 9.76. The second-order valence-electron chi connectivity index (χ2n) is 5.40. The van der Waals surface area contributed by atoms with Gasteiger partial charge >= 0.3 is 0 Å². The summed E-state index contributed by atoms with van der Waals surface area (Å²) in [6, 6.07) is 0.654. The molecule has 1 aliphatic rings. The molecule has 0 aromatic rings. The lowest BCUT2D eigenvalue weighted by atomic mass is 9.83. The quantitative estimate of drug-likeness (QED) is 0.655. The Morgan fingerprint density at radius 1 is 1.31 bits per heavy atom. The Morgan fingerprint density at radius 2 is 2.06 bits per heavy atom. The van der Waals surface area contributed by atoms with Gasteiger partial charge < -0.3 is 10.4 Å². The molecule has 0 radical (unpaired) electrons. The van der Waals surface area contributed by atoms with Gasteiger partial charge in [0.15, 0.2) is 0 Å². The van der Waals surface area contributed by atoms with Crippen LogP contribution >= 0.6 is 0 Å². The van der Waals surface area contributed by atoms with Gasteiger partial charge in [-0.1, -0.05) is 26.2 Å². The van der Waals surface area contributed by atoms with Crippen LogP contribution in [0.2, 0.25) is 0 Å². The second kappa shape index (κ2) is 8.08. The van der Waals surface area contributed by atoms with E-state index in [4.69, 9.17) is 0 Å². The predicted octanol–water partition coefficient (Wildman–Crippen LogP) is 3.10. The first-order valence-corrected chi connectivity index (χ1v) is 7.15. The average Bonchev–Trinajstić information content (AvgIpc) is 2.27. The lowest BCUT2D eigenvalue weighted by Gasteiger charge is -2.27. The highest BCUT2D eigenvalue weighted by molar-refractivity contribution is 4.74. The third-order valence-corrected chi connectivity index (χ3v) is 3.84. The highest BCUT2D eigenvalue weighted by Crippen LogP contribution is 2.27. The van der Waals surface area contributed by atoms with E-state index in [1.54, 1.807) is 0 Å². The molecule has 1 fully saturated rings. The molecule has 16 heavy (non-hydrogen) atoms. The van der Waals surface area contributed by atoms with E-state index in [0.29, 0.717) is 12.0 Å². The van der Waals surface area contributed by atoms with Gasteiger partial charge in [-0.2, -0.15) is 0 Å². The van der Waals surface area contributed by atoms with Crippen LogP contribution in [0.15, 0.2) is 0 Å². The van der Waals surface area contributed by atoms with Gasteiger partial charge in [0.1, 0.15) is 0 Å². The summed E-state index contributed by atoms with van der Waals surface area (Å²) in [6.45, 7) is 5.61. The van der Waals surface area contributed by atoms with Crippen molar-refractivity contribution in [3.63, 3.8) is 0 Å². The Labute approximate surface area is 101 Å². The maximum absolute atomic E-state index is 9.84. The zero-order valence-corrected chi connectivity index (χ0v) is 11.0. The van der Waals surface area contributed by atoms with Gasteiger partial charge in [-0.05, 0) is 51.5 Å². The molecular weight excluding hydrogens is 198 g/mol. The van der Waals surface area contributed by atoms with Crippen molar-refractivity contribution in [2.45, 2.75) is 77.4 Å². The summed E-state index contributed by atoms with van der Waals surface area (Å²) in [5.74, 6) is 0.581. The van der Waals surface area contributed by atoms with Crippen LogP contribution in [0.25, 0.3) is 0 Å². The summed E-state index contributed by atoms with van der Waals surface area (Å²) in [5.41, 5.74) is 0. The highest BCUT2D eigenvalue weighted by Gasteiger charge is 2.22. The number of aliphatic hydroxyl groups excluding tert-OH is 1. The van der Waals surface area contributed by atoms with Crippen LogP contribution < -0.4 is 5.32 Å². The largest absolute Gasteiger partial charge is 0.393 e. The standard InChI is InChI=1S/C14H29NO/c1-3-7-12(2)15-11-6-9-13-8-4-5-10-14(13)16/h12-16H,3-11H2,1-2H3. The highest BCUT2D eigenvalue weighted by atomic mass is 16.3. The fraction of sp³-hybridized carbons (Fsp3) is 1.00. The third kappa shape index (κ3) is 5.31. The molecule has 3 atom stereocenters. The first kappa shape index (κ1) is 14.0. The zero-order valence-electron chi connectivity index (χ0n) is 11.0. The minimum Gasteiger partial charge on any atom is -0.393 e. The van der Waals surface area contributed by atoms with Gasteiger partial charge in [-0.25, -0.2) is 0 Å². The summed E-state index contributed by atoms with van der Waals surface area (Å²) >= 11 is 0. The summed E-state index contributed by atoms with van der Waals surface area (Å²) < 4.78 is 0. The number of nitrogens with one attached hydrogen (secondary N) is 1. The van der Waals surface area contributed by atoms with E-state index in [9.17, 15) is 5.11 Å². The molecule has 2 N–H and O–H groups in total. The maximum atomic E-state index is 9.84. The van der Waals surface area contributed by atoms with Gasteiger partial charge in [0.05, 0.1) is 6.10 Å². The van der Waals surface area contributed by atoms with E-state index in [1.807, 2.05) is 0 Å². The summed E-state index contributed by atoms with van der Waals surface area (Å²) in [4.78, 5) is 0. The minimum atomic E-state index is -0.0122. The molecule has 0 aliphatic heterocycles. The van der Waals surface area contributed by atoms with Crippen LogP contribution in [-0.2, 0) is 0 Å². The number of aliphatic hydroxyl groups is 1. The van der Waals surface area contributed by atoms with Gasteiger partial charge in [-0.15, -0.1) is 0 Å². The monoisotopic (exact) mass is 227 g/mol. The van der Waals surface area contributed by atoms with Gasteiger partial charge in [0.25, 0.3) is 0 Å². The molecule has 1 rings (SSSR count). The van der Waals surface area contributed by atoms with Crippen molar-refractivity contribution in [3.05, 3.63) is 0 Å². The maximum Gasteiger partial charge on any atom is 0.0568 e. The van der Waals surface area contributed by atoms with Crippen LogP contribution in [0.1, 0.15) is 65.2 Å². The first-order chi connectivity index (χ1) is 7.74. The molecule has 0 aromatic carbocycles. The number of hydrogen-bond donors (Lipinski definition) is 2. The van der Waals surface area contributed by atoms with Gasteiger partial charge in [0.2, 0.25) is 0 Å². The Kier molecular flexibility index (Phi) is 7.06. The van der Waals surface area contributed by atoms with Crippen molar-refractivity contribution < 1.29 is 5.11 Å². The second-order valence-corrected chi connectivity index (χ2v) is 5.40. The zero-order chi connectivity index (χ0) is 11.8. The van der Waals surface area contributed by atoms with E-state index >= 15 is 0 Å². The van der Waals surface area contributed by atoms with Gasteiger partial charge in [-0.3, -0.25) is 0 Å². The molecular formula is C14H29NO. The molecule has 2 heteroatoms. The lowest BCUT2D eigenvalue weighted by molar-refractivity contribution is 0.0642. The fourth-order valence-electron chi connectivity index (χ4n) is 2.77. The Morgan fingerprint density at radius 3 is 2.75 bits per heavy atom. The van der Waals surface area contributed by atoms with Crippen molar-refractivity contribution in [2.75, 3.05) is 6.54 Å². The summed E-state index contributed by atoms with van der Waals surface area (Å²) in [7, 11) is 0. The molecule has 0 amide bonds. The minimum absolute atomic E-state index is 0.0122. The van der Waals surface area contributed by atoms with Crippen molar-refractivity contribution >= 4 is 0 Å². The van der Waals surface area contributed by atoms with E-state index < -0.39 is 0 Å². The molecule has 0 spiro atoms. The molecule has 1 saturated carbocycles. The molecule has 2 nitrogen and oxygen atoms in total. The first-order valence-electron chi connectivity index (χ1n) is 7.15. The van der Waals surface area contributed by atoms with Gasteiger partial charge in [0, 0.05) is 6.04 Å². The van der Waals surface area contributed by atoms with Crippen molar-refractivity contribution in [1.82, 2.24) is 5.32 Å². The fourth-order valence-corrected chi connectivity index (χ4v) is 2.77. The van der Waals surface area contributed by atoms with E-state index in [0.717, 1.165) is 13.0 Å². The third-order valence-electron chi connectivity index (χ3n) is 3.84. The molecule has 1 aliphatic carbocycles. The van der Waals surface area contributed by atoms with Crippen LogP contribution in [0.3, 0.4) is 0 Å². The Balaban J connectivity index is 2.01. The van der Waals surface area contributed by atoms with Crippen molar-refractivity contribution in [3.8, 4) is 0 Å². The molecule has 96 valence electrons. The van der Waals surface area contributed by atoms with Crippen LogP contribution in [0, 0.1) is 5.92 Å². The number of rotatable bonds is 7. The molecule has 3 unspecified atom stereocenters. The normalized spacial score (nSPS) is 27.9. The van der Waals surface area contributed by atoms with Crippen molar-refractivity contribution in [1.29, 1.82) is 0 Å². The topological polar surface area (TPSA) is 32.3 Å². The summed E-state index contributed by atoms with van der Waals surface area (Å²) in [5, 5.41) is 13.4. The smallest absolute Gasteiger partial charge is 0.0568 e. The molecule has 0 heterocycles. The lowest BCUT2D eigenvalue weighted by Crippen LogP contribution is -2.29.